The molecular weight excluding hydrogens is 272 g/mol. The second-order valence-electron chi connectivity index (χ2n) is 6.02. The van der Waals surface area contributed by atoms with Gasteiger partial charge in [0.05, 0.1) is 0 Å². The summed E-state index contributed by atoms with van der Waals surface area (Å²) in [6, 6.07) is 18.9. The zero-order valence-electron chi connectivity index (χ0n) is 13.1. The summed E-state index contributed by atoms with van der Waals surface area (Å²) in [4.78, 5) is 2.36. The third kappa shape index (κ3) is 3.60. The number of hydrogen-bond donors (Lipinski definition) is 1. The molecule has 1 aliphatic heterocycles. The van der Waals surface area contributed by atoms with Crippen molar-refractivity contribution in [1.82, 2.24) is 0 Å². The molecule has 116 valence electrons. The van der Waals surface area contributed by atoms with Crippen molar-refractivity contribution >= 4 is 5.69 Å². The number of piperidine rings is 1. The van der Waals surface area contributed by atoms with Crippen molar-refractivity contribution < 1.29 is 4.74 Å². The van der Waals surface area contributed by atoms with Crippen LogP contribution in [0, 0.1) is 0 Å². The van der Waals surface area contributed by atoms with Crippen LogP contribution in [0.1, 0.15) is 31.4 Å². The van der Waals surface area contributed by atoms with E-state index in [0.29, 0.717) is 0 Å². The van der Waals surface area contributed by atoms with Crippen LogP contribution in [0.3, 0.4) is 0 Å². The molecule has 0 bridgehead atoms. The fourth-order valence-electron chi connectivity index (χ4n) is 2.99. The Morgan fingerprint density at radius 2 is 1.95 bits per heavy atom. The number of rotatable bonds is 4. The maximum absolute atomic E-state index is 6.10. The number of nitrogens with zero attached hydrogens (tertiary/aromatic N) is 1. The average molecular weight is 296 g/mol. The molecule has 0 amide bonds. The Morgan fingerprint density at radius 1 is 1.14 bits per heavy atom. The summed E-state index contributed by atoms with van der Waals surface area (Å²) in [6.45, 7) is 4.09. The van der Waals surface area contributed by atoms with Crippen molar-refractivity contribution in [2.24, 2.45) is 5.73 Å². The molecule has 2 atom stereocenters. The fourth-order valence-corrected chi connectivity index (χ4v) is 2.99. The fraction of sp³-hybridized carbons (Fsp3) is 0.368. The van der Waals surface area contributed by atoms with Crippen LogP contribution >= 0.6 is 0 Å². The largest absolute Gasteiger partial charge is 0.486 e. The second kappa shape index (κ2) is 6.84. The standard InChI is InChI=1S/C19H24N2O/c1-15(16-7-3-2-4-8-16)22-19-11-5-10-18(13-19)21-12-6-9-17(20)14-21/h2-5,7-8,10-11,13,15,17H,6,9,12,14,20H2,1H3/t15-,17+/m1/s1. The first-order chi connectivity index (χ1) is 10.7. The lowest BCUT2D eigenvalue weighted by molar-refractivity contribution is 0.227. The highest BCUT2D eigenvalue weighted by atomic mass is 16.5. The Labute approximate surface area is 132 Å². The Hall–Kier alpha value is -2.00. The number of nitrogens with two attached hydrogens (primary N) is 1. The van der Waals surface area contributed by atoms with Gasteiger partial charge in [-0.25, -0.2) is 0 Å². The van der Waals surface area contributed by atoms with Crippen LogP contribution in [0.25, 0.3) is 0 Å². The van der Waals surface area contributed by atoms with Crippen molar-refractivity contribution in [2.75, 3.05) is 18.0 Å². The van der Waals surface area contributed by atoms with E-state index in [9.17, 15) is 0 Å². The molecule has 0 spiro atoms. The number of ether oxygens (including phenoxy) is 1. The quantitative estimate of drug-likeness (QED) is 0.933. The monoisotopic (exact) mass is 296 g/mol. The lowest BCUT2D eigenvalue weighted by Gasteiger charge is -2.32. The lowest BCUT2D eigenvalue weighted by Crippen LogP contribution is -2.42. The summed E-state index contributed by atoms with van der Waals surface area (Å²) in [6.07, 6.45) is 2.32. The van der Waals surface area contributed by atoms with Gasteiger partial charge in [-0.1, -0.05) is 36.4 Å². The predicted octanol–water partition coefficient (Wildman–Crippen LogP) is 3.75. The predicted molar refractivity (Wildman–Crippen MR) is 91.3 cm³/mol. The van der Waals surface area contributed by atoms with Crippen LogP contribution in [0.2, 0.25) is 0 Å². The summed E-state index contributed by atoms with van der Waals surface area (Å²) in [5.41, 5.74) is 8.47. The molecule has 0 saturated carbocycles. The molecule has 2 N–H and O–H groups in total. The first-order valence-corrected chi connectivity index (χ1v) is 8.04. The first-order valence-electron chi connectivity index (χ1n) is 8.04. The van der Waals surface area contributed by atoms with Gasteiger partial charge < -0.3 is 15.4 Å². The van der Waals surface area contributed by atoms with Crippen molar-refractivity contribution in [3.05, 3.63) is 60.2 Å². The van der Waals surface area contributed by atoms with E-state index in [1.807, 2.05) is 24.3 Å². The van der Waals surface area contributed by atoms with E-state index in [1.54, 1.807) is 0 Å². The summed E-state index contributed by atoms with van der Waals surface area (Å²) in [5.74, 6) is 0.910. The Bertz CT molecular complexity index is 599. The topological polar surface area (TPSA) is 38.5 Å². The first kappa shape index (κ1) is 14.9. The van der Waals surface area contributed by atoms with Gasteiger partial charge in [-0.15, -0.1) is 0 Å². The van der Waals surface area contributed by atoms with Gasteiger partial charge in [-0.3, -0.25) is 0 Å². The summed E-state index contributed by atoms with van der Waals surface area (Å²) >= 11 is 0. The van der Waals surface area contributed by atoms with Crippen LogP contribution in [0.5, 0.6) is 5.75 Å². The van der Waals surface area contributed by atoms with Crippen molar-refractivity contribution in [3.63, 3.8) is 0 Å². The molecule has 0 unspecified atom stereocenters. The molecule has 1 fully saturated rings. The molecule has 1 saturated heterocycles. The third-order valence-electron chi connectivity index (χ3n) is 4.22. The number of anilines is 1. The lowest BCUT2D eigenvalue weighted by atomic mass is 10.1. The highest BCUT2D eigenvalue weighted by molar-refractivity contribution is 5.51. The van der Waals surface area contributed by atoms with E-state index >= 15 is 0 Å². The van der Waals surface area contributed by atoms with E-state index in [-0.39, 0.29) is 12.1 Å². The summed E-state index contributed by atoms with van der Waals surface area (Å²) in [7, 11) is 0. The molecule has 1 aliphatic rings. The molecule has 3 heteroatoms. The highest BCUT2D eigenvalue weighted by Gasteiger charge is 2.17. The van der Waals surface area contributed by atoms with Gasteiger partial charge in [0.25, 0.3) is 0 Å². The smallest absolute Gasteiger partial charge is 0.122 e. The van der Waals surface area contributed by atoms with Crippen molar-refractivity contribution in [3.8, 4) is 5.75 Å². The molecule has 0 aromatic heterocycles. The normalized spacial score (nSPS) is 19.7. The van der Waals surface area contributed by atoms with E-state index in [4.69, 9.17) is 10.5 Å². The SMILES string of the molecule is C[C@@H](Oc1cccc(N2CCC[C@H](N)C2)c1)c1ccccc1. The van der Waals surface area contributed by atoms with E-state index in [0.717, 1.165) is 31.7 Å². The van der Waals surface area contributed by atoms with Gasteiger partial charge in [-0.2, -0.15) is 0 Å². The van der Waals surface area contributed by atoms with Gasteiger partial charge >= 0.3 is 0 Å². The Balaban J connectivity index is 1.71. The number of hydrogen-bond acceptors (Lipinski definition) is 3. The van der Waals surface area contributed by atoms with E-state index < -0.39 is 0 Å². The van der Waals surface area contributed by atoms with Crippen LogP contribution < -0.4 is 15.4 Å². The maximum Gasteiger partial charge on any atom is 0.122 e. The molecular formula is C19H24N2O. The van der Waals surface area contributed by atoms with E-state index in [1.165, 1.54) is 11.3 Å². The minimum Gasteiger partial charge on any atom is -0.486 e. The van der Waals surface area contributed by atoms with E-state index in [2.05, 4.69) is 42.2 Å². The van der Waals surface area contributed by atoms with Gasteiger partial charge in [0, 0.05) is 30.9 Å². The summed E-state index contributed by atoms with van der Waals surface area (Å²) in [5, 5.41) is 0. The minimum atomic E-state index is 0.0417. The van der Waals surface area contributed by atoms with Gasteiger partial charge in [0.2, 0.25) is 0 Å². The molecule has 2 aromatic rings. The van der Waals surface area contributed by atoms with Crippen molar-refractivity contribution in [2.45, 2.75) is 31.9 Å². The van der Waals surface area contributed by atoms with Crippen LogP contribution in [0.4, 0.5) is 5.69 Å². The van der Waals surface area contributed by atoms with Crippen LogP contribution in [0.15, 0.2) is 54.6 Å². The molecule has 0 aliphatic carbocycles. The molecule has 0 radical (unpaired) electrons. The zero-order chi connectivity index (χ0) is 15.4. The molecule has 1 heterocycles. The van der Waals surface area contributed by atoms with Gasteiger partial charge in [0.15, 0.2) is 0 Å². The molecule has 22 heavy (non-hydrogen) atoms. The van der Waals surface area contributed by atoms with Crippen LogP contribution in [-0.2, 0) is 0 Å². The van der Waals surface area contributed by atoms with Crippen molar-refractivity contribution in [1.29, 1.82) is 0 Å². The minimum absolute atomic E-state index is 0.0417. The number of benzene rings is 2. The van der Waals surface area contributed by atoms with Gasteiger partial charge in [-0.05, 0) is 37.5 Å². The zero-order valence-corrected chi connectivity index (χ0v) is 13.1. The maximum atomic E-state index is 6.10. The molecule has 2 aromatic carbocycles. The molecule has 3 rings (SSSR count). The van der Waals surface area contributed by atoms with Crippen LogP contribution in [-0.4, -0.2) is 19.1 Å². The third-order valence-corrected chi connectivity index (χ3v) is 4.22. The molecule has 3 nitrogen and oxygen atoms in total. The Morgan fingerprint density at radius 3 is 2.73 bits per heavy atom. The highest BCUT2D eigenvalue weighted by Crippen LogP contribution is 2.27. The summed E-state index contributed by atoms with van der Waals surface area (Å²) < 4.78 is 6.10. The average Bonchev–Trinajstić information content (AvgIpc) is 2.56. The Kier molecular flexibility index (Phi) is 4.64. The van der Waals surface area contributed by atoms with Gasteiger partial charge in [0.1, 0.15) is 11.9 Å². The second-order valence-corrected chi connectivity index (χ2v) is 6.02.